The Morgan fingerprint density at radius 1 is 1.12 bits per heavy atom. The van der Waals surface area contributed by atoms with Gasteiger partial charge < -0.3 is 24.6 Å². The number of aliphatic hydroxyl groups excluding tert-OH is 1. The van der Waals surface area contributed by atoms with Gasteiger partial charge in [0.2, 0.25) is 0 Å². The summed E-state index contributed by atoms with van der Waals surface area (Å²) in [6.07, 6.45) is -0.632. The number of aliphatic hydroxyl groups is 1. The fraction of sp³-hybridized carbons (Fsp3) is 0.355. The van der Waals surface area contributed by atoms with Gasteiger partial charge in [0.05, 0.1) is 15.2 Å². The predicted octanol–water partition coefficient (Wildman–Crippen LogP) is 5.71. The number of benzene rings is 3. The molecule has 2 aromatic heterocycles. The maximum atomic E-state index is 13.2. The van der Waals surface area contributed by atoms with Crippen molar-refractivity contribution in [3.05, 3.63) is 65.7 Å². The lowest BCUT2D eigenvalue weighted by molar-refractivity contribution is 0.0307. The number of fused-ring (bicyclic) bond motifs is 4. The Bertz CT molecular complexity index is 1680. The highest BCUT2D eigenvalue weighted by atomic mass is 32.1. The highest BCUT2D eigenvalue weighted by Gasteiger charge is 2.28. The topological polar surface area (TPSA) is 82.9 Å². The molecule has 0 unspecified atom stereocenters. The van der Waals surface area contributed by atoms with Gasteiger partial charge in [0.1, 0.15) is 18.5 Å². The van der Waals surface area contributed by atoms with Crippen LogP contribution < -0.4 is 10.1 Å². The second kappa shape index (κ2) is 11.1. The predicted molar refractivity (Wildman–Crippen MR) is 163 cm³/mol. The molecule has 0 radical (unpaired) electrons. The first kappa shape index (κ1) is 26.6. The number of piperazine rings is 1. The number of amides is 2. The van der Waals surface area contributed by atoms with Crippen LogP contribution >= 0.6 is 11.3 Å². The Morgan fingerprint density at radius 3 is 2.77 bits per heavy atom. The van der Waals surface area contributed by atoms with Crippen molar-refractivity contribution in [2.24, 2.45) is 0 Å². The molecule has 3 heterocycles. The Hall–Kier alpha value is -3.66. The molecule has 0 bridgehead atoms. The summed E-state index contributed by atoms with van der Waals surface area (Å²) in [6.45, 7) is 9.71. The molecule has 3 aromatic carbocycles. The van der Waals surface area contributed by atoms with Gasteiger partial charge in [-0.1, -0.05) is 18.2 Å². The van der Waals surface area contributed by atoms with E-state index in [2.05, 4.69) is 70.0 Å². The van der Waals surface area contributed by atoms with E-state index in [1.165, 1.54) is 16.4 Å². The molecule has 0 saturated carbocycles. The largest absolute Gasteiger partial charge is 0.491 e. The van der Waals surface area contributed by atoms with Gasteiger partial charge in [-0.2, -0.15) is 0 Å². The Balaban J connectivity index is 1.03. The quantitative estimate of drug-likeness (QED) is 0.268. The van der Waals surface area contributed by atoms with Crippen LogP contribution in [0.15, 0.2) is 60.7 Å². The molecular weight excluding hydrogens is 522 g/mol. The number of β-amino-alcohol motifs (C(OH)–C–C–N with tert-alkyl or cyclic N) is 1. The molecule has 0 aliphatic carbocycles. The third-order valence-electron chi connectivity index (χ3n) is 7.75. The van der Waals surface area contributed by atoms with E-state index in [1.807, 2.05) is 36.1 Å². The molecule has 1 aliphatic heterocycles. The molecular formula is C31H35N5O3S. The highest BCUT2D eigenvalue weighted by Crippen LogP contribution is 2.31. The van der Waals surface area contributed by atoms with Gasteiger partial charge >= 0.3 is 6.03 Å². The smallest absolute Gasteiger partial charge is 0.321 e. The normalized spacial score (nSPS) is 17.1. The second-order valence-corrected chi connectivity index (χ2v) is 11.8. The monoisotopic (exact) mass is 557 g/mol. The van der Waals surface area contributed by atoms with Crippen LogP contribution in [-0.4, -0.2) is 75.4 Å². The number of aryl methyl sites for hydroxylation is 2. The van der Waals surface area contributed by atoms with E-state index in [0.29, 0.717) is 31.9 Å². The minimum absolute atomic E-state index is 0.0957. The molecule has 6 rings (SSSR count). The number of hydrogen-bond acceptors (Lipinski definition) is 6. The van der Waals surface area contributed by atoms with Crippen LogP contribution in [0.4, 0.5) is 10.5 Å². The molecule has 1 aliphatic rings. The molecule has 208 valence electrons. The summed E-state index contributed by atoms with van der Waals surface area (Å²) in [5.74, 6) is 0.712. The molecule has 2 atom stereocenters. The third kappa shape index (κ3) is 5.24. The average molecular weight is 558 g/mol. The standard InChI is InChI=1S/C31H35N5O3S/c1-4-36-28-8-6-5-7-25(28)26-15-22(9-11-29(26)36)33-31(38)35-14-13-34(20(2)17-35)18-23(37)19-39-24-10-12-30-27(16-24)32-21(3)40-30/h5-12,15-16,20,23,37H,4,13-14,17-19H2,1-3H3,(H,33,38)/t20-,23+/m0/s1. The van der Waals surface area contributed by atoms with E-state index in [4.69, 9.17) is 4.74 Å². The summed E-state index contributed by atoms with van der Waals surface area (Å²) >= 11 is 1.66. The summed E-state index contributed by atoms with van der Waals surface area (Å²) in [6, 6.07) is 20.4. The minimum Gasteiger partial charge on any atom is -0.491 e. The molecule has 1 fully saturated rings. The van der Waals surface area contributed by atoms with Crippen LogP contribution in [-0.2, 0) is 6.54 Å². The van der Waals surface area contributed by atoms with Gasteiger partial charge in [-0.25, -0.2) is 9.78 Å². The van der Waals surface area contributed by atoms with Crippen molar-refractivity contribution in [1.29, 1.82) is 0 Å². The number of aromatic nitrogens is 2. The average Bonchev–Trinajstić information content (AvgIpc) is 3.48. The summed E-state index contributed by atoms with van der Waals surface area (Å²) in [7, 11) is 0. The number of rotatable bonds is 7. The Morgan fingerprint density at radius 2 is 1.95 bits per heavy atom. The summed E-state index contributed by atoms with van der Waals surface area (Å²) in [5.41, 5.74) is 4.09. The van der Waals surface area contributed by atoms with Crippen LogP contribution in [0.1, 0.15) is 18.9 Å². The number of ether oxygens (including phenoxy) is 1. The number of urea groups is 1. The van der Waals surface area contributed by atoms with Gasteiger partial charge in [-0.15, -0.1) is 11.3 Å². The number of nitrogens with one attached hydrogen (secondary N) is 1. The van der Waals surface area contributed by atoms with Gasteiger partial charge in [-0.05, 0) is 57.2 Å². The van der Waals surface area contributed by atoms with Crippen molar-refractivity contribution in [3.63, 3.8) is 0 Å². The van der Waals surface area contributed by atoms with E-state index in [9.17, 15) is 9.90 Å². The number of anilines is 1. The van der Waals surface area contributed by atoms with E-state index in [0.717, 1.165) is 32.8 Å². The lowest BCUT2D eigenvalue weighted by atomic mass is 10.1. The number of hydrogen-bond donors (Lipinski definition) is 2. The zero-order valence-electron chi connectivity index (χ0n) is 23.1. The Labute approximate surface area is 237 Å². The number of thiazole rings is 1. The van der Waals surface area contributed by atoms with Crippen molar-refractivity contribution < 1.29 is 14.6 Å². The number of nitrogens with zero attached hydrogens (tertiary/aromatic N) is 4. The Kier molecular flexibility index (Phi) is 7.35. The van der Waals surface area contributed by atoms with Gasteiger partial charge in [-0.3, -0.25) is 4.90 Å². The van der Waals surface area contributed by atoms with Crippen molar-refractivity contribution in [2.45, 2.75) is 39.5 Å². The maximum Gasteiger partial charge on any atom is 0.321 e. The van der Waals surface area contributed by atoms with E-state index in [1.54, 1.807) is 11.3 Å². The summed E-state index contributed by atoms with van der Waals surface area (Å²) in [5, 5.41) is 17.1. The molecule has 0 spiro atoms. The minimum atomic E-state index is -0.632. The summed E-state index contributed by atoms with van der Waals surface area (Å²) in [4.78, 5) is 21.8. The van der Waals surface area contributed by atoms with Crippen molar-refractivity contribution in [1.82, 2.24) is 19.4 Å². The highest BCUT2D eigenvalue weighted by molar-refractivity contribution is 7.18. The molecule has 8 nitrogen and oxygen atoms in total. The van der Waals surface area contributed by atoms with Crippen LogP contribution in [0.25, 0.3) is 32.0 Å². The molecule has 40 heavy (non-hydrogen) atoms. The van der Waals surface area contributed by atoms with Crippen molar-refractivity contribution in [3.8, 4) is 5.75 Å². The van der Waals surface area contributed by atoms with E-state index in [-0.39, 0.29) is 18.7 Å². The number of carbonyl (C=O) groups excluding carboxylic acids is 1. The van der Waals surface area contributed by atoms with Crippen LogP contribution in [0.3, 0.4) is 0 Å². The first-order valence-electron chi connectivity index (χ1n) is 13.9. The molecule has 9 heteroatoms. The fourth-order valence-electron chi connectivity index (χ4n) is 5.75. The van der Waals surface area contributed by atoms with Crippen LogP contribution in [0.2, 0.25) is 0 Å². The molecule has 2 N–H and O–H groups in total. The van der Waals surface area contributed by atoms with Crippen molar-refractivity contribution in [2.75, 3.05) is 38.1 Å². The van der Waals surface area contributed by atoms with Crippen LogP contribution in [0, 0.1) is 6.92 Å². The van der Waals surface area contributed by atoms with Crippen LogP contribution in [0.5, 0.6) is 5.75 Å². The summed E-state index contributed by atoms with van der Waals surface area (Å²) < 4.78 is 9.30. The molecule has 2 amide bonds. The second-order valence-electron chi connectivity index (χ2n) is 10.5. The SMILES string of the molecule is CCn1c2ccccc2c2cc(NC(=O)N3CCN(C[C@@H](O)COc4ccc5sc(C)nc5c4)[C@@H](C)C3)ccc21. The van der Waals surface area contributed by atoms with E-state index >= 15 is 0 Å². The maximum absolute atomic E-state index is 13.2. The lowest BCUT2D eigenvalue weighted by Gasteiger charge is -2.40. The van der Waals surface area contributed by atoms with E-state index < -0.39 is 6.10 Å². The van der Waals surface area contributed by atoms with Gasteiger partial charge in [0, 0.05) is 72.3 Å². The number of para-hydroxylation sites is 1. The number of carbonyl (C=O) groups is 1. The zero-order chi connectivity index (χ0) is 27.8. The van der Waals surface area contributed by atoms with Gasteiger partial charge in [0.15, 0.2) is 0 Å². The molecule has 1 saturated heterocycles. The lowest BCUT2D eigenvalue weighted by Crippen LogP contribution is -2.56. The first-order valence-corrected chi connectivity index (χ1v) is 14.7. The zero-order valence-corrected chi connectivity index (χ0v) is 23.9. The third-order valence-corrected chi connectivity index (χ3v) is 8.70. The first-order chi connectivity index (χ1) is 19.4. The van der Waals surface area contributed by atoms with Crippen molar-refractivity contribution >= 4 is 55.1 Å². The van der Waals surface area contributed by atoms with Gasteiger partial charge in [0.25, 0.3) is 0 Å². The fourth-order valence-corrected chi connectivity index (χ4v) is 6.56. The molecule has 5 aromatic rings.